The van der Waals surface area contributed by atoms with Gasteiger partial charge in [-0.1, -0.05) is 24.3 Å². The van der Waals surface area contributed by atoms with Crippen molar-refractivity contribution < 1.29 is 9.21 Å². The van der Waals surface area contributed by atoms with Gasteiger partial charge < -0.3 is 9.32 Å². The van der Waals surface area contributed by atoms with Gasteiger partial charge in [-0.3, -0.25) is 4.79 Å². The second kappa shape index (κ2) is 7.27. The lowest BCUT2D eigenvalue weighted by Gasteiger charge is -2.21. The smallest absolute Gasteiger partial charge is 0.270 e. The Morgan fingerprint density at radius 2 is 1.96 bits per heavy atom. The molecule has 26 heavy (non-hydrogen) atoms. The van der Waals surface area contributed by atoms with Crippen molar-refractivity contribution >= 4 is 34.3 Å². The topological polar surface area (TPSA) is 46.3 Å². The van der Waals surface area contributed by atoms with Crippen molar-refractivity contribution in [3.63, 3.8) is 0 Å². The van der Waals surface area contributed by atoms with Crippen LogP contribution in [0.5, 0.6) is 0 Å². The molecule has 130 valence electrons. The fourth-order valence-corrected chi connectivity index (χ4v) is 4.48. The molecule has 3 heterocycles. The fraction of sp³-hybridized carbons (Fsp3) is 0.100. The van der Waals surface area contributed by atoms with E-state index in [1.54, 1.807) is 22.5 Å². The summed E-state index contributed by atoms with van der Waals surface area (Å²) in [6.45, 7) is 2.26. The van der Waals surface area contributed by atoms with Crippen molar-refractivity contribution in [2.24, 2.45) is 0 Å². The van der Waals surface area contributed by atoms with E-state index in [-0.39, 0.29) is 5.91 Å². The van der Waals surface area contributed by atoms with Crippen LogP contribution in [0.15, 0.2) is 70.7 Å². The molecule has 0 N–H and O–H groups in total. The van der Waals surface area contributed by atoms with Gasteiger partial charge in [0.15, 0.2) is 0 Å². The minimum absolute atomic E-state index is 0.0644. The maximum Gasteiger partial charge on any atom is 0.270 e. The van der Waals surface area contributed by atoms with Gasteiger partial charge in [-0.15, -0.1) is 22.7 Å². The minimum Gasteiger partial charge on any atom is -0.467 e. The van der Waals surface area contributed by atoms with Gasteiger partial charge in [-0.25, -0.2) is 4.98 Å². The first-order valence-electron chi connectivity index (χ1n) is 8.13. The van der Waals surface area contributed by atoms with E-state index < -0.39 is 0 Å². The van der Waals surface area contributed by atoms with E-state index >= 15 is 0 Å². The number of aryl methyl sites for hydroxylation is 1. The number of thiophene rings is 1. The lowest BCUT2D eigenvalue weighted by molar-refractivity contribution is 0.0986. The first-order chi connectivity index (χ1) is 12.7. The number of para-hydroxylation sites is 1. The van der Waals surface area contributed by atoms with E-state index in [0.717, 1.165) is 27.0 Å². The molecule has 3 aromatic heterocycles. The number of anilines is 1. The number of amides is 1. The Bertz CT molecular complexity index is 990. The van der Waals surface area contributed by atoms with Gasteiger partial charge in [0, 0.05) is 5.69 Å². The molecule has 0 aliphatic heterocycles. The Labute approximate surface area is 159 Å². The lowest BCUT2D eigenvalue weighted by Crippen LogP contribution is -2.30. The molecule has 6 heteroatoms. The maximum atomic E-state index is 13.3. The van der Waals surface area contributed by atoms with Crippen LogP contribution >= 0.6 is 22.7 Å². The summed E-state index contributed by atoms with van der Waals surface area (Å²) in [7, 11) is 0. The highest BCUT2D eigenvalue weighted by molar-refractivity contribution is 7.22. The zero-order valence-corrected chi connectivity index (χ0v) is 15.7. The van der Waals surface area contributed by atoms with Crippen molar-refractivity contribution in [3.8, 4) is 9.88 Å². The number of rotatable bonds is 5. The molecule has 1 aromatic carbocycles. The van der Waals surface area contributed by atoms with E-state index in [4.69, 9.17) is 4.42 Å². The van der Waals surface area contributed by atoms with Gasteiger partial charge in [-0.2, -0.15) is 0 Å². The summed E-state index contributed by atoms with van der Waals surface area (Å²) in [6.07, 6.45) is 1.62. The van der Waals surface area contributed by atoms with Gasteiger partial charge in [0.25, 0.3) is 5.91 Å². The number of furan rings is 1. The molecule has 0 spiro atoms. The summed E-state index contributed by atoms with van der Waals surface area (Å²) in [4.78, 5) is 21.4. The molecule has 0 aliphatic carbocycles. The summed E-state index contributed by atoms with van der Waals surface area (Å²) in [6, 6.07) is 17.4. The Hall–Kier alpha value is -2.70. The number of aromatic nitrogens is 1. The van der Waals surface area contributed by atoms with Gasteiger partial charge in [-0.05, 0) is 42.6 Å². The number of thiazole rings is 1. The van der Waals surface area contributed by atoms with Crippen molar-refractivity contribution in [1.29, 1.82) is 0 Å². The van der Waals surface area contributed by atoms with Crippen molar-refractivity contribution in [1.82, 2.24) is 4.98 Å². The normalized spacial score (nSPS) is 10.8. The standard InChI is InChI=1S/C20H16N2O2S2/c1-14-18(26-19(21-14)17-10-6-12-25-17)20(23)22(13-16-9-5-11-24-16)15-7-3-2-4-8-15/h2-12H,13H2,1H3. The molecular formula is C20H16N2O2S2. The van der Waals surface area contributed by atoms with Crippen LogP contribution in [-0.4, -0.2) is 10.9 Å². The number of hydrogen-bond acceptors (Lipinski definition) is 5. The Morgan fingerprint density at radius 3 is 2.65 bits per heavy atom. The quantitative estimate of drug-likeness (QED) is 0.451. The Balaban J connectivity index is 1.70. The molecule has 4 nitrogen and oxygen atoms in total. The van der Waals surface area contributed by atoms with Crippen LogP contribution in [0.25, 0.3) is 9.88 Å². The van der Waals surface area contributed by atoms with Crippen LogP contribution < -0.4 is 4.90 Å². The van der Waals surface area contributed by atoms with Crippen molar-refractivity contribution in [3.05, 3.63) is 82.6 Å². The molecular weight excluding hydrogens is 364 g/mol. The molecule has 0 radical (unpaired) electrons. The minimum atomic E-state index is -0.0644. The number of benzene rings is 1. The van der Waals surface area contributed by atoms with Crippen LogP contribution in [0.3, 0.4) is 0 Å². The second-order valence-corrected chi connectivity index (χ2v) is 7.66. The van der Waals surface area contributed by atoms with Crippen molar-refractivity contribution in [2.75, 3.05) is 4.90 Å². The van der Waals surface area contributed by atoms with E-state index in [2.05, 4.69) is 4.98 Å². The Kier molecular flexibility index (Phi) is 4.69. The first kappa shape index (κ1) is 16.8. The van der Waals surface area contributed by atoms with Gasteiger partial charge in [0.2, 0.25) is 0 Å². The monoisotopic (exact) mass is 380 g/mol. The number of nitrogens with zero attached hydrogens (tertiary/aromatic N) is 2. The van der Waals surface area contributed by atoms with Gasteiger partial charge in [0.1, 0.15) is 15.6 Å². The summed E-state index contributed by atoms with van der Waals surface area (Å²) in [5.74, 6) is 0.674. The average molecular weight is 380 g/mol. The first-order valence-corrected chi connectivity index (χ1v) is 9.82. The Morgan fingerprint density at radius 1 is 1.12 bits per heavy atom. The SMILES string of the molecule is Cc1nc(-c2cccs2)sc1C(=O)N(Cc1ccco1)c1ccccc1. The molecule has 0 bridgehead atoms. The van der Waals surface area contributed by atoms with Crippen LogP contribution in [0.2, 0.25) is 0 Å². The van der Waals surface area contributed by atoms with Crippen LogP contribution in [0.4, 0.5) is 5.69 Å². The molecule has 4 aromatic rings. The molecule has 1 amide bonds. The van der Waals surface area contributed by atoms with Gasteiger partial charge >= 0.3 is 0 Å². The predicted molar refractivity (Wildman–Crippen MR) is 106 cm³/mol. The summed E-state index contributed by atoms with van der Waals surface area (Å²) < 4.78 is 5.46. The van der Waals surface area contributed by atoms with Crippen LogP contribution in [0.1, 0.15) is 21.1 Å². The third-order valence-electron chi connectivity index (χ3n) is 3.93. The molecule has 0 saturated carbocycles. The van der Waals surface area contributed by atoms with E-state index in [1.807, 2.05) is 66.9 Å². The highest BCUT2D eigenvalue weighted by atomic mass is 32.1. The third-order valence-corrected chi connectivity index (χ3v) is 6.11. The zero-order valence-electron chi connectivity index (χ0n) is 14.1. The molecule has 0 saturated heterocycles. The molecule has 0 atom stereocenters. The van der Waals surface area contributed by atoms with Gasteiger partial charge in [0.05, 0.1) is 23.4 Å². The zero-order chi connectivity index (χ0) is 17.9. The number of carbonyl (C=O) groups excluding carboxylic acids is 1. The number of hydrogen-bond donors (Lipinski definition) is 0. The molecule has 0 aliphatic rings. The largest absolute Gasteiger partial charge is 0.467 e. The van der Waals surface area contributed by atoms with Crippen molar-refractivity contribution in [2.45, 2.75) is 13.5 Å². The number of carbonyl (C=O) groups is 1. The van der Waals surface area contributed by atoms with E-state index in [1.165, 1.54) is 11.3 Å². The van der Waals surface area contributed by atoms with E-state index in [0.29, 0.717) is 11.4 Å². The van der Waals surface area contributed by atoms with Crippen LogP contribution in [0, 0.1) is 6.92 Å². The van der Waals surface area contributed by atoms with E-state index in [9.17, 15) is 4.79 Å². The lowest BCUT2D eigenvalue weighted by atomic mass is 10.2. The van der Waals surface area contributed by atoms with Crippen LogP contribution in [-0.2, 0) is 6.54 Å². The molecule has 4 rings (SSSR count). The molecule has 0 unspecified atom stereocenters. The summed E-state index contributed by atoms with van der Waals surface area (Å²) >= 11 is 3.06. The maximum absolute atomic E-state index is 13.3. The highest BCUT2D eigenvalue weighted by Gasteiger charge is 2.24. The summed E-state index contributed by atoms with van der Waals surface area (Å²) in [5.41, 5.74) is 1.59. The summed E-state index contributed by atoms with van der Waals surface area (Å²) in [5, 5.41) is 2.90. The highest BCUT2D eigenvalue weighted by Crippen LogP contribution is 2.32. The average Bonchev–Trinajstić information content (AvgIpc) is 3.41. The third kappa shape index (κ3) is 3.34. The second-order valence-electron chi connectivity index (χ2n) is 5.72. The fourth-order valence-electron chi connectivity index (χ4n) is 2.67. The predicted octanol–water partition coefficient (Wildman–Crippen LogP) is 5.62. The molecule has 0 fully saturated rings.